The van der Waals surface area contributed by atoms with Crippen LogP contribution in [0.25, 0.3) is 0 Å². The molecule has 7 heteroatoms. The first kappa shape index (κ1) is 23.8. The molecule has 1 spiro atoms. The van der Waals surface area contributed by atoms with Crippen LogP contribution in [0.15, 0.2) is 0 Å². The zero-order valence-electron chi connectivity index (χ0n) is 20.4. The number of hydrogen-bond donors (Lipinski definition) is 0. The maximum absolute atomic E-state index is 13.0. The smallest absolute Gasteiger partial charge is 0.410 e. The molecule has 2 heterocycles. The number of rotatable bonds is 6. The van der Waals surface area contributed by atoms with Gasteiger partial charge in [0, 0.05) is 19.6 Å². The lowest BCUT2D eigenvalue weighted by Gasteiger charge is -2.40. The largest absolute Gasteiger partial charge is 0.466 e. The van der Waals surface area contributed by atoms with Crippen LogP contribution in [0.3, 0.4) is 0 Å². The van der Waals surface area contributed by atoms with Crippen LogP contribution in [0.2, 0.25) is 0 Å². The van der Waals surface area contributed by atoms with Crippen LogP contribution in [0.1, 0.15) is 85.5 Å². The molecule has 2 aliphatic heterocycles. The molecule has 4 fully saturated rings. The van der Waals surface area contributed by atoms with Gasteiger partial charge < -0.3 is 19.1 Å². The SMILES string of the molecule is CCOC(=O)C1CCC(OC([C@@H]2CCCN2C(=O)OC(C)(C)C)N2CCC3(CC3)C2)CC1. The molecule has 2 aliphatic carbocycles. The quantitative estimate of drug-likeness (QED) is 0.561. The van der Waals surface area contributed by atoms with Crippen molar-refractivity contribution >= 4 is 12.1 Å². The molecule has 4 aliphatic rings. The summed E-state index contributed by atoms with van der Waals surface area (Å²) in [6.45, 7) is 10.9. The summed E-state index contributed by atoms with van der Waals surface area (Å²) in [7, 11) is 0. The Bertz CT molecular complexity index is 678. The molecule has 182 valence electrons. The molecule has 0 aromatic heterocycles. The Morgan fingerprint density at radius 2 is 1.75 bits per heavy atom. The standard InChI is InChI=1S/C25H42N2O5/c1-5-30-22(28)18-8-10-19(11-9-18)31-21(26-16-14-25(17-26)12-13-25)20-7-6-15-27(20)23(29)32-24(2,3)4/h18-21H,5-17H2,1-4H3/t18?,19?,20-,21?/m0/s1. The summed E-state index contributed by atoms with van der Waals surface area (Å²) in [5.74, 6) is -0.0656. The third kappa shape index (κ3) is 5.58. The predicted octanol–water partition coefficient (Wildman–Crippen LogP) is 4.34. The number of esters is 1. The topological polar surface area (TPSA) is 68.3 Å². The second kappa shape index (κ2) is 9.49. The summed E-state index contributed by atoms with van der Waals surface area (Å²) < 4.78 is 17.8. The minimum absolute atomic E-state index is 0.000451. The Morgan fingerprint density at radius 3 is 2.34 bits per heavy atom. The minimum atomic E-state index is -0.502. The van der Waals surface area contributed by atoms with Gasteiger partial charge in [-0.2, -0.15) is 0 Å². The highest BCUT2D eigenvalue weighted by Crippen LogP contribution is 2.53. The van der Waals surface area contributed by atoms with E-state index in [0.29, 0.717) is 12.0 Å². The van der Waals surface area contributed by atoms with Crippen molar-refractivity contribution in [2.24, 2.45) is 11.3 Å². The number of carbonyl (C=O) groups excluding carboxylic acids is 2. The van der Waals surface area contributed by atoms with Crippen LogP contribution in [-0.4, -0.2) is 72.1 Å². The van der Waals surface area contributed by atoms with Crippen LogP contribution in [0, 0.1) is 11.3 Å². The van der Waals surface area contributed by atoms with Crippen molar-refractivity contribution in [2.75, 3.05) is 26.2 Å². The minimum Gasteiger partial charge on any atom is -0.466 e. The maximum atomic E-state index is 13.0. The monoisotopic (exact) mass is 450 g/mol. The van der Waals surface area contributed by atoms with E-state index < -0.39 is 5.60 Å². The molecule has 1 amide bonds. The molecule has 0 bridgehead atoms. The van der Waals surface area contributed by atoms with Gasteiger partial charge in [-0.1, -0.05) is 0 Å². The molecular weight excluding hydrogens is 408 g/mol. The lowest BCUT2D eigenvalue weighted by molar-refractivity contribution is -0.155. The van der Waals surface area contributed by atoms with E-state index in [-0.39, 0.29) is 36.4 Å². The predicted molar refractivity (Wildman–Crippen MR) is 121 cm³/mol. The second-order valence-electron chi connectivity index (χ2n) is 11.4. The third-order valence-electron chi connectivity index (χ3n) is 7.67. The van der Waals surface area contributed by atoms with Gasteiger partial charge >= 0.3 is 12.1 Å². The lowest BCUT2D eigenvalue weighted by atomic mass is 9.87. The normalized spacial score (nSPS) is 31.0. The van der Waals surface area contributed by atoms with Gasteiger partial charge in [-0.25, -0.2) is 4.79 Å². The molecule has 2 saturated carbocycles. The van der Waals surface area contributed by atoms with E-state index in [1.165, 1.54) is 19.3 Å². The first-order chi connectivity index (χ1) is 15.2. The first-order valence-electron chi connectivity index (χ1n) is 12.8. The first-order valence-corrected chi connectivity index (χ1v) is 12.8. The maximum Gasteiger partial charge on any atom is 0.410 e. The van der Waals surface area contributed by atoms with Crippen molar-refractivity contribution in [3.63, 3.8) is 0 Å². The van der Waals surface area contributed by atoms with E-state index in [2.05, 4.69) is 4.90 Å². The van der Waals surface area contributed by atoms with Crippen molar-refractivity contribution < 1.29 is 23.8 Å². The Hall–Kier alpha value is -1.34. The molecule has 0 N–H and O–H groups in total. The van der Waals surface area contributed by atoms with E-state index in [1.54, 1.807) is 0 Å². The number of carbonyl (C=O) groups is 2. The number of likely N-dealkylation sites (tertiary alicyclic amines) is 2. The Labute approximate surface area is 193 Å². The third-order valence-corrected chi connectivity index (χ3v) is 7.67. The fourth-order valence-corrected chi connectivity index (χ4v) is 5.72. The van der Waals surface area contributed by atoms with Crippen molar-refractivity contribution in [3.8, 4) is 0 Å². The molecule has 7 nitrogen and oxygen atoms in total. The Balaban J connectivity index is 1.43. The summed E-state index contributed by atoms with van der Waals surface area (Å²) in [5.41, 5.74) is -0.00366. The van der Waals surface area contributed by atoms with Crippen LogP contribution in [0.5, 0.6) is 0 Å². The van der Waals surface area contributed by atoms with Crippen molar-refractivity contribution in [2.45, 2.75) is 109 Å². The van der Waals surface area contributed by atoms with Crippen molar-refractivity contribution in [1.29, 1.82) is 0 Å². The van der Waals surface area contributed by atoms with Gasteiger partial charge in [0.1, 0.15) is 11.8 Å². The zero-order valence-corrected chi connectivity index (χ0v) is 20.4. The summed E-state index contributed by atoms with van der Waals surface area (Å²) in [4.78, 5) is 29.5. The summed E-state index contributed by atoms with van der Waals surface area (Å²) >= 11 is 0. The molecule has 0 radical (unpaired) electrons. The Morgan fingerprint density at radius 1 is 1.03 bits per heavy atom. The number of nitrogens with zero attached hydrogens (tertiary/aromatic N) is 2. The molecule has 2 saturated heterocycles. The van der Waals surface area contributed by atoms with Crippen LogP contribution >= 0.6 is 0 Å². The molecule has 1 unspecified atom stereocenters. The van der Waals surface area contributed by atoms with Gasteiger partial charge in [-0.05, 0) is 90.9 Å². The highest BCUT2D eigenvalue weighted by Gasteiger charge is 2.52. The van der Waals surface area contributed by atoms with E-state index in [1.807, 2.05) is 32.6 Å². The molecule has 32 heavy (non-hydrogen) atoms. The average Bonchev–Trinajstić information content (AvgIpc) is 3.12. The summed E-state index contributed by atoms with van der Waals surface area (Å²) in [6.07, 6.45) is 9.02. The van der Waals surface area contributed by atoms with E-state index in [4.69, 9.17) is 14.2 Å². The molecule has 0 aromatic rings. The fraction of sp³-hybridized carbons (Fsp3) is 0.920. The molecular formula is C25H42N2O5. The lowest BCUT2D eigenvalue weighted by Crippen LogP contribution is -2.54. The second-order valence-corrected chi connectivity index (χ2v) is 11.4. The highest BCUT2D eigenvalue weighted by molar-refractivity contribution is 5.72. The van der Waals surface area contributed by atoms with Crippen LogP contribution in [0.4, 0.5) is 4.79 Å². The van der Waals surface area contributed by atoms with Gasteiger partial charge in [0.15, 0.2) is 0 Å². The number of amides is 1. The molecule has 2 atom stereocenters. The highest BCUT2D eigenvalue weighted by atomic mass is 16.6. The zero-order chi connectivity index (χ0) is 22.9. The fourth-order valence-electron chi connectivity index (χ4n) is 5.72. The Kier molecular flexibility index (Phi) is 7.06. The van der Waals surface area contributed by atoms with Gasteiger partial charge in [-0.15, -0.1) is 0 Å². The van der Waals surface area contributed by atoms with Gasteiger partial charge in [0.25, 0.3) is 0 Å². The average molecular weight is 451 g/mol. The van der Waals surface area contributed by atoms with Gasteiger partial charge in [0.05, 0.1) is 24.7 Å². The van der Waals surface area contributed by atoms with Crippen molar-refractivity contribution in [3.05, 3.63) is 0 Å². The number of ether oxygens (including phenoxy) is 3. The van der Waals surface area contributed by atoms with E-state index >= 15 is 0 Å². The van der Waals surface area contributed by atoms with Crippen molar-refractivity contribution in [1.82, 2.24) is 9.80 Å². The number of hydrogen-bond acceptors (Lipinski definition) is 6. The van der Waals surface area contributed by atoms with E-state index in [0.717, 1.165) is 58.2 Å². The molecule has 0 aromatic carbocycles. The summed E-state index contributed by atoms with van der Waals surface area (Å²) in [6, 6.07) is 0.0292. The van der Waals surface area contributed by atoms with Crippen LogP contribution in [-0.2, 0) is 19.0 Å². The van der Waals surface area contributed by atoms with Gasteiger partial charge in [-0.3, -0.25) is 9.69 Å². The summed E-state index contributed by atoms with van der Waals surface area (Å²) in [5, 5.41) is 0. The van der Waals surface area contributed by atoms with Crippen LogP contribution < -0.4 is 0 Å². The van der Waals surface area contributed by atoms with E-state index in [9.17, 15) is 9.59 Å². The van der Waals surface area contributed by atoms with Gasteiger partial charge in [0.2, 0.25) is 0 Å². The molecule has 4 rings (SSSR count).